The maximum atomic E-state index is 12.1. The normalized spacial score (nSPS) is 22.7. The summed E-state index contributed by atoms with van der Waals surface area (Å²) in [5.74, 6) is 0.468. The molecule has 2 fully saturated rings. The van der Waals surface area contributed by atoms with Gasteiger partial charge >= 0.3 is 0 Å². The molecule has 0 spiro atoms. The van der Waals surface area contributed by atoms with Crippen LogP contribution in [0.1, 0.15) is 12.0 Å². The van der Waals surface area contributed by atoms with Crippen LogP contribution in [-0.2, 0) is 9.53 Å². The zero-order chi connectivity index (χ0) is 14.8. The van der Waals surface area contributed by atoms with Crippen LogP contribution in [0.2, 0.25) is 0 Å². The number of carbonyl (C=O) groups excluding carboxylic acids is 1. The first kappa shape index (κ1) is 14.1. The summed E-state index contributed by atoms with van der Waals surface area (Å²) in [6, 6.07) is 6.31. The van der Waals surface area contributed by atoms with Gasteiger partial charge < -0.3 is 14.5 Å². The van der Waals surface area contributed by atoms with E-state index in [2.05, 4.69) is 36.6 Å². The second-order valence-corrected chi connectivity index (χ2v) is 5.77. The Morgan fingerprint density at radius 2 is 2.10 bits per heavy atom. The summed E-state index contributed by atoms with van der Waals surface area (Å²) in [6.45, 7) is 10.1. The summed E-state index contributed by atoms with van der Waals surface area (Å²) >= 11 is 0. The molecule has 4 heteroatoms. The maximum Gasteiger partial charge on any atom is 0.227 e. The van der Waals surface area contributed by atoms with E-state index in [1.165, 1.54) is 11.3 Å². The Labute approximate surface area is 126 Å². The third kappa shape index (κ3) is 2.81. The number of nitrogens with zero attached hydrogens (tertiary/aromatic N) is 2. The number of anilines is 2. The highest BCUT2D eigenvalue weighted by Gasteiger charge is 2.29. The molecule has 0 saturated carbocycles. The lowest BCUT2D eigenvalue weighted by Gasteiger charge is -2.30. The topological polar surface area (TPSA) is 32.8 Å². The predicted octanol–water partition coefficient (Wildman–Crippen LogP) is 2.37. The Kier molecular flexibility index (Phi) is 3.97. The fourth-order valence-electron chi connectivity index (χ4n) is 3.11. The molecule has 0 N–H and O–H groups in total. The first-order valence-corrected chi connectivity index (χ1v) is 7.55. The molecule has 0 radical (unpaired) electrons. The van der Waals surface area contributed by atoms with Crippen LogP contribution < -0.4 is 9.80 Å². The lowest BCUT2D eigenvalue weighted by Crippen LogP contribution is -2.36. The number of carbonyl (C=O) groups is 1. The standard InChI is InChI=1S/C17H22N2O2/c1-3-14-11-17(20)19(12-14)15-4-5-16(13(2)10-15)18-6-8-21-9-7-18/h3-5,10,14H,1,6-9,11-12H2,2H3. The van der Waals surface area contributed by atoms with E-state index < -0.39 is 0 Å². The first-order valence-electron chi connectivity index (χ1n) is 7.55. The van der Waals surface area contributed by atoms with Crippen molar-refractivity contribution in [1.82, 2.24) is 0 Å². The lowest BCUT2D eigenvalue weighted by molar-refractivity contribution is -0.117. The van der Waals surface area contributed by atoms with E-state index in [9.17, 15) is 4.79 Å². The van der Waals surface area contributed by atoms with Crippen molar-refractivity contribution in [3.8, 4) is 0 Å². The van der Waals surface area contributed by atoms with Crippen LogP contribution in [0.15, 0.2) is 30.9 Å². The van der Waals surface area contributed by atoms with Crippen LogP contribution in [0.25, 0.3) is 0 Å². The van der Waals surface area contributed by atoms with Crippen molar-refractivity contribution >= 4 is 17.3 Å². The van der Waals surface area contributed by atoms with E-state index in [0.717, 1.165) is 38.5 Å². The van der Waals surface area contributed by atoms with Crippen molar-refractivity contribution in [2.24, 2.45) is 5.92 Å². The predicted molar refractivity (Wildman–Crippen MR) is 84.9 cm³/mol. The van der Waals surface area contributed by atoms with Gasteiger partial charge in [0, 0.05) is 43.3 Å². The highest BCUT2D eigenvalue weighted by Crippen LogP contribution is 2.30. The summed E-state index contributed by atoms with van der Waals surface area (Å²) in [6.07, 6.45) is 2.46. The monoisotopic (exact) mass is 286 g/mol. The third-order valence-corrected chi connectivity index (χ3v) is 4.33. The molecule has 1 amide bonds. The van der Waals surface area contributed by atoms with Crippen molar-refractivity contribution in [2.75, 3.05) is 42.6 Å². The van der Waals surface area contributed by atoms with E-state index in [0.29, 0.717) is 6.42 Å². The molecule has 0 aliphatic carbocycles. The highest BCUT2D eigenvalue weighted by molar-refractivity contribution is 5.96. The van der Waals surface area contributed by atoms with Gasteiger partial charge in [-0.3, -0.25) is 4.79 Å². The quantitative estimate of drug-likeness (QED) is 0.800. The van der Waals surface area contributed by atoms with E-state index in [1.54, 1.807) is 0 Å². The SMILES string of the molecule is C=CC1CC(=O)N(c2ccc(N3CCOCC3)c(C)c2)C1. The van der Waals surface area contributed by atoms with Crippen LogP contribution in [0.5, 0.6) is 0 Å². The molecule has 2 aliphatic heterocycles. The van der Waals surface area contributed by atoms with E-state index in [1.807, 2.05) is 11.0 Å². The molecule has 112 valence electrons. The molecular weight excluding hydrogens is 264 g/mol. The van der Waals surface area contributed by atoms with Gasteiger partial charge in [-0.25, -0.2) is 0 Å². The molecule has 0 bridgehead atoms. The minimum Gasteiger partial charge on any atom is -0.378 e. The molecular formula is C17H22N2O2. The van der Waals surface area contributed by atoms with Crippen LogP contribution in [0.4, 0.5) is 11.4 Å². The van der Waals surface area contributed by atoms with Crippen molar-refractivity contribution in [3.05, 3.63) is 36.4 Å². The van der Waals surface area contributed by atoms with Gasteiger partial charge in [0.2, 0.25) is 5.91 Å². The third-order valence-electron chi connectivity index (χ3n) is 4.33. The Balaban J connectivity index is 1.81. The Bertz CT molecular complexity index is 550. The molecule has 21 heavy (non-hydrogen) atoms. The minimum atomic E-state index is 0.193. The van der Waals surface area contributed by atoms with Gasteiger partial charge in [0.05, 0.1) is 13.2 Å². The van der Waals surface area contributed by atoms with E-state index in [-0.39, 0.29) is 11.8 Å². The summed E-state index contributed by atoms with van der Waals surface area (Å²) in [7, 11) is 0. The van der Waals surface area contributed by atoms with Gasteiger partial charge in [0.1, 0.15) is 0 Å². The number of ether oxygens (including phenoxy) is 1. The number of hydrogen-bond acceptors (Lipinski definition) is 3. The molecule has 2 saturated heterocycles. The Hall–Kier alpha value is -1.81. The zero-order valence-corrected chi connectivity index (χ0v) is 12.5. The fourth-order valence-corrected chi connectivity index (χ4v) is 3.11. The largest absolute Gasteiger partial charge is 0.378 e. The average Bonchev–Trinajstić information content (AvgIpc) is 2.89. The number of morpholine rings is 1. The summed E-state index contributed by atoms with van der Waals surface area (Å²) in [4.78, 5) is 16.3. The Morgan fingerprint density at radius 3 is 2.71 bits per heavy atom. The zero-order valence-electron chi connectivity index (χ0n) is 12.5. The fraction of sp³-hybridized carbons (Fsp3) is 0.471. The summed E-state index contributed by atoms with van der Waals surface area (Å²) in [5.41, 5.74) is 3.46. The minimum absolute atomic E-state index is 0.193. The van der Waals surface area contributed by atoms with Crippen molar-refractivity contribution in [3.63, 3.8) is 0 Å². The molecule has 0 aromatic heterocycles. The summed E-state index contributed by atoms with van der Waals surface area (Å²) < 4.78 is 5.40. The maximum absolute atomic E-state index is 12.1. The molecule has 3 rings (SSSR count). The number of benzene rings is 1. The van der Waals surface area contributed by atoms with Gasteiger partial charge in [0.25, 0.3) is 0 Å². The van der Waals surface area contributed by atoms with Crippen molar-refractivity contribution in [2.45, 2.75) is 13.3 Å². The molecule has 1 aromatic carbocycles. The van der Waals surface area contributed by atoms with E-state index >= 15 is 0 Å². The molecule has 1 unspecified atom stereocenters. The second kappa shape index (κ2) is 5.90. The van der Waals surface area contributed by atoms with Gasteiger partial charge in [-0.15, -0.1) is 6.58 Å². The molecule has 4 nitrogen and oxygen atoms in total. The van der Waals surface area contributed by atoms with Gasteiger partial charge in [-0.1, -0.05) is 6.08 Å². The van der Waals surface area contributed by atoms with Crippen LogP contribution in [-0.4, -0.2) is 38.8 Å². The smallest absolute Gasteiger partial charge is 0.227 e. The van der Waals surface area contributed by atoms with Gasteiger partial charge in [0.15, 0.2) is 0 Å². The second-order valence-electron chi connectivity index (χ2n) is 5.77. The molecule has 2 heterocycles. The van der Waals surface area contributed by atoms with E-state index in [4.69, 9.17) is 4.74 Å². The van der Waals surface area contributed by atoms with Crippen LogP contribution in [0.3, 0.4) is 0 Å². The summed E-state index contributed by atoms with van der Waals surface area (Å²) in [5, 5.41) is 0. The molecule has 1 aromatic rings. The average molecular weight is 286 g/mol. The molecule has 1 atom stereocenters. The van der Waals surface area contributed by atoms with Crippen LogP contribution >= 0.6 is 0 Å². The number of rotatable bonds is 3. The number of amides is 1. The highest BCUT2D eigenvalue weighted by atomic mass is 16.5. The number of aryl methyl sites for hydroxylation is 1. The lowest BCUT2D eigenvalue weighted by atomic mass is 10.1. The van der Waals surface area contributed by atoms with Crippen molar-refractivity contribution in [1.29, 1.82) is 0 Å². The van der Waals surface area contributed by atoms with Crippen LogP contribution in [0, 0.1) is 12.8 Å². The number of hydrogen-bond donors (Lipinski definition) is 0. The van der Waals surface area contributed by atoms with Gasteiger partial charge in [-0.05, 0) is 30.7 Å². The Morgan fingerprint density at radius 1 is 1.33 bits per heavy atom. The first-order chi connectivity index (χ1) is 10.2. The van der Waals surface area contributed by atoms with Gasteiger partial charge in [-0.2, -0.15) is 0 Å². The molecule has 2 aliphatic rings. The van der Waals surface area contributed by atoms with Crippen molar-refractivity contribution < 1.29 is 9.53 Å².